The molecule has 0 unspecified atom stereocenters. The van der Waals surface area contributed by atoms with Crippen molar-refractivity contribution < 1.29 is 14.2 Å². The largest absolute Gasteiger partial charge is 0.488 e. The molecule has 8 heteroatoms. The minimum atomic E-state index is 0.0441. The Morgan fingerprint density at radius 3 is 2.78 bits per heavy atom. The Labute approximate surface area is 157 Å². The topological polar surface area (TPSA) is 107 Å². The smallest absolute Gasteiger partial charge is 0.132 e. The van der Waals surface area contributed by atoms with E-state index in [1.807, 2.05) is 12.1 Å². The third kappa shape index (κ3) is 4.01. The third-order valence-electron chi connectivity index (χ3n) is 4.73. The van der Waals surface area contributed by atoms with Crippen LogP contribution in [0, 0.1) is 5.41 Å². The summed E-state index contributed by atoms with van der Waals surface area (Å²) in [6, 6.07) is 7.21. The van der Waals surface area contributed by atoms with Gasteiger partial charge in [-0.1, -0.05) is 0 Å². The van der Waals surface area contributed by atoms with Gasteiger partial charge in [-0.05, 0) is 18.2 Å². The molecule has 2 fully saturated rings. The van der Waals surface area contributed by atoms with Gasteiger partial charge in [-0.25, -0.2) is 9.97 Å². The van der Waals surface area contributed by atoms with Crippen molar-refractivity contribution >= 4 is 17.2 Å². The van der Waals surface area contributed by atoms with Gasteiger partial charge in [0.25, 0.3) is 0 Å². The van der Waals surface area contributed by atoms with Crippen LogP contribution in [-0.4, -0.2) is 61.3 Å². The zero-order chi connectivity index (χ0) is 18.6. The predicted octanol–water partition coefficient (Wildman–Crippen LogP) is 1.48. The van der Waals surface area contributed by atoms with Gasteiger partial charge in [0.1, 0.15) is 24.0 Å². The maximum absolute atomic E-state index is 8.61. The first kappa shape index (κ1) is 17.7. The molecule has 2 aliphatic heterocycles. The monoisotopic (exact) mass is 369 g/mol. The highest BCUT2D eigenvalue weighted by atomic mass is 16.5. The van der Waals surface area contributed by atoms with Gasteiger partial charge in [0.15, 0.2) is 0 Å². The van der Waals surface area contributed by atoms with Crippen molar-refractivity contribution in [2.45, 2.75) is 12.5 Å². The molecule has 1 atom stereocenters. The molecule has 0 aliphatic carbocycles. The van der Waals surface area contributed by atoms with E-state index < -0.39 is 0 Å². The predicted molar refractivity (Wildman–Crippen MR) is 102 cm³/mol. The first-order valence-corrected chi connectivity index (χ1v) is 9.08. The lowest BCUT2D eigenvalue weighted by Crippen LogP contribution is -2.36. The highest BCUT2D eigenvalue weighted by Crippen LogP contribution is 2.25. The van der Waals surface area contributed by atoms with E-state index in [4.69, 9.17) is 25.4 Å². The Bertz CT molecular complexity index is 817. The minimum Gasteiger partial charge on any atom is -0.488 e. The molecular formula is C19H23N5O3. The quantitative estimate of drug-likeness (QED) is 0.607. The lowest BCUT2D eigenvalue weighted by molar-refractivity contribution is 0.122. The molecule has 0 saturated carbocycles. The van der Waals surface area contributed by atoms with E-state index in [0.717, 1.165) is 25.3 Å². The van der Waals surface area contributed by atoms with Crippen molar-refractivity contribution in [3.8, 4) is 5.75 Å². The van der Waals surface area contributed by atoms with E-state index in [1.54, 1.807) is 12.1 Å². The number of morpholine rings is 1. The van der Waals surface area contributed by atoms with Crippen molar-refractivity contribution in [1.82, 2.24) is 9.97 Å². The fourth-order valence-corrected chi connectivity index (χ4v) is 3.21. The number of ether oxygens (including phenoxy) is 3. The number of benzene rings is 1. The summed E-state index contributed by atoms with van der Waals surface area (Å²) in [6.07, 6.45) is 2.40. The maximum atomic E-state index is 8.61. The second kappa shape index (κ2) is 7.89. The van der Waals surface area contributed by atoms with E-state index >= 15 is 0 Å². The molecule has 2 aromatic rings. The Hall–Kier alpha value is -2.71. The molecular weight excluding hydrogens is 346 g/mol. The van der Waals surface area contributed by atoms with Crippen LogP contribution in [0.2, 0.25) is 0 Å². The summed E-state index contributed by atoms with van der Waals surface area (Å²) in [5, 5.41) is 8.61. The number of nitrogens with zero attached hydrogens (tertiary/aromatic N) is 3. The SMILES string of the molecule is N=C(c1cc(N2CCOCC2)ncn1)c1cc(O[C@H]2CCOC2)ccc1N. The summed E-state index contributed by atoms with van der Waals surface area (Å²) in [6.45, 7) is 4.21. The average Bonchev–Trinajstić information content (AvgIpc) is 3.23. The Balaban J connectivity index is 1.56. The van der Waals surface area contributed by atoms with Gasteiger partial charge in [-0.2, -0.15) is 0 Å². The molecule has 4 rings (SSSR count). The lowest BCUT2D eigenvalue weighted by Gasteiger charge is -2.27. The Morgan fingerprint density at radius 2 is 2.00 bits per heavy atom. The molecule has 3 N–H and O–H groups in total. The zero-order valence-electron chi connectivity index (χ0n) is 15.1. The molecule has 0 radical (unpaired) electrons. The highest BCUT2D eigenvalue weighted by molar-refractivity contribution is 6.13. The van der Waals surface area contributed by atoms with Crippen molar-refractivity contribution in [2.24, 2.45) is 0 Å². The molecule has 8 nitrogen and oxygen atoms in total. The number of hydrogen-bond donors (Lipinski definition) is 2. The summed E-state index contributed by atoms with van der Waals surface area (Å²) in [5.74, 6) is 1.48. The molecule has 2 aliphatic rings. The van der Waals surface area contributed by atoms with E-state index in [2.05, 4.69) is 14.9 Å². The molecule has 142 valence electrons. The van der Waals surface area contributed by atoms with Crippen LogP contribution >= 0.6 is 0 Å². The van der Waals surface area contributed by atoms with Gasteiger partial charge in [-0.3, -0.25) is 5.41 Å². The van der Waals surface area contributed by atoms with Crippen LogP contribution in [-0.2, 0) is 9.47 Å². The number of rotatable bonds is 5. The van der Waals surface area contributed by atoms with Crippen LogP contribution in [0.15, 0.2) is 30.6 Å². The molecule has 3 heterocycles. The molecule has 2 saturated heterocycles. The van der Waals surface area contributed by atoms with Crippen molar-refractivity contribution in [3.63, 3.8) is 0 Å². The van der Waals surface area contributed by atoms with Crippen LogP contribution in [0.3, 0.4) is 0 Å². The fraction of sp³-hybridized carbons (Fsp3) is 0.421. The van der Waals surface area contributed by atoms with Gasteiger partial charge in [0, 0.05) is 36.8 Å². The van der Waals surface area contributed by atoms with Crippen LogP contribution < -0.4 is 15.4 Å². The third-order valence-corrected chi connectivity index (χ3v) is 4.73. The zero-order valence-corrected chi connectivity index (χ0v) is 15.1. The average molecular weight is 369 g/mol. The van der Waals surface area contributed by atoms with Gasteiger partial charge >= 0.3 is 0 Å². The number of nitrogens with two attached hydrogens (primary N) is 1. The molecule has 1 aromatic carbocycles. The van der Waals surface area contributed by atoms with Gasteiger partial charge in [0.2, 0.25) is 0 Å². The fourth-order valence-electron chi connectivity index (χ4n) is 3.21. The van der Waals surface area contributed by atoms with Crippen molar-refractivity contribution in [1.29, 1.82) is 5.41 Å². The number of nitrogen functional groups attached to an aromatic ring is 1. The van der Waals surface area contributed by atoms with E-state index in [-0.39, 0.29) is 11.8 Å². The van der Waals surface area contributed by atoms with E-state index in [0.29, 0.717) is 49.1 Å². The van der Waals surface area contributed by atoms with Crippen LogP contribution in [0.25, 0.3) is 0 Å². The standard InChI is InChI=1S/C19H23N5O3/c20-16-2-1-13(27-14-3-6-26-11-14)9-15(16)19(21)17-10-18(23-12-22-17)24-4-7-25-8-5-24/h1-2,9-10,12,14,21H,3-8,11,20H2/t14-/m0/s1. The molecule has 0 amide bonds. The lowest BCUT2D eigenvalue weighted by atomic mass is 10.0. The maximum Gasteiger partial charge on any atom is 0.132 e. The second-order valence-corrected chi connectivity index (χ2v) is 6.59. The number of hydrogen-bond acceptors (Lipinski definition) is 8. The highest BCUT2D eigenvalue weighted by Gasteiger charge is 2.19. The minimum absolute atomic E-state index is 0.0441. The summed E-state index contributed by atoms with van der Waals surface area (Å²) in [4.78, 5) is 10.7. The first-order valence-electron chi connectivity index (χ1n) is 9.08. The summed E-state index contributed by atoms with van der Waals surface area (Å²) in [7, 11) is 0. The van der Waals surface area contributed by atoms with Crippen LogP contribution in [0.1, 0.15) is 17.7 Å². The summed E-state index contributed by atoms with van der Waals surface area (Å²) in [5.41, 5.74) is 8.01. The van der Waals surface area contributed by atoms with E-state index in [9.17, 15) is 0 Å². The summed E-state index contributed by atoms with van der Waals surface area (Å²) >= 11 is 0. The van der Waals surface area contributed by atoms with Crippen LogP contribution in [0.4, 0.5) is 11.5 Å². The second-order valence-electron chi connectivity index (χ2n) is 6.59. The Kier molecular flexibility index (Phi) is 5.17. The summed E-state index contributed by atoms with van der Waals surface area (Å²) < 4.78 is 16.7. The molecule has 0 spiro atoms. The van der Waals surface area contributed by atoms with Gasteiger partial charge < -0.3 is 24.8 Å². The first-order chi connectivity index (χ1) is 13.2. The molecule has 27 heavy (non-hydrogen) atoms. The Morgan fingerprint density at radius 1 is 1.15 bits per heavy atom. The van der Waals surface area contributed by atoms with E-state index in [1.165, 1.54) is 6.33 Å². The number of anilines is 2. The normalized spacial score (nSPS) is 19.9. The molecule has 1 aromatic heterocycles. The number of nitrogens with one attached hydrogen (secondary N) is 1. The van der Waals surface area contributed by atoms with Crippen molar-refractivity contribution in [3.05, 3.63) is 41.9 Å². The van der Waals surface area contributed by atoms with Crippen LogP contribution in [0.5, 0.6) is 5.75 Å². The number of aromatic nitrogens is 2. The van der Waals surface area contributed by atoms with Gasteiger partial charge in [0.05, 0.1) is 37.8 Å². The van der Waals surface area contributed by atoms with Crippen molar-refractivity contribution in [2.75, 3.05) is 50.2 Å². The van der Waals surface area contributed by atoms with Gasteiger partial charge in [-0.15, -0.1) is 0 Å². The molecule has 0 bridgehead atoms.